The second-order valence-electron chi connectivity index (χ2n) is 5.42. The van der Waals surface area contributed by atoms with Gasteiger partial charge in [-0.15, -0.1) is 11.8 Å². The summed E-state index contributed by atoms with van der Waals surface area (Å²) >= 11 is 1.43. The molecule has 1 saturated heterocycles. The first-order chi connectivity index (χ1) is 10.6. The number of hydrogen-bond acceptors (Lipinski definition) is 3. The van der Waals surface area contributed by atoms with Gasteiger partial charge in [0.15, 0.2) is 0 Å². The lowest BCUT2D eigenvalue weighted by Gasteiger charge is -2.16. The SMILES string of the molecule is CC(SCC(=O)NC1CCCCNC1=O)c1cccc(F)c1. The molecule has 0 aliphatic carbocycles. The summed E-state index contributed by atoms with van der Waals surface area (Å²) in [5.74, 6) is -0.282. The third kappa shape index (κ3) is 5.02. The molecule has 4 nitrogen and oxygen atoms in total. The van der Waals surface area contributed by atoms with Gasteiger partial charge in [-0.25, -0.2) is 4.39 Å². The van der Waals surface area contributed by atoms with Crippen LogP contribution in [0.3, 0.4) is 0 Å². The predicted molar refractivity (Wildman–Crippen MR) is 86.1 cm³/mol. The fraction of sp³-hybridized carbons (Fsp3) is 0.500. The van der Waals surface area contributed by atoms with Crippen LogP contribution in [0.1, 0.15) is 37.0 Å². The molecule has 1 aromatic carbocycles. The fourth-order valence-electron chi connectivity index (χ4n) is 2.37. The van der Waals surface area contributed by atoms with Gasteiger partial charge in [-0.2, -0.15) is 0 Å². The van der Waals surface area contributed by atoms with E-state index in [1.54, 1.807) is 6.07 Å². The Kier molecular flexibility index (Phi) is 6.24. The van der Waals surface area contributed by atoms with Gasteiger partial charge in [0.05, 0.1) is 5.75 Å². The number of rotatable bonds is 5. The molecule has 0 spiro atoms. The molecule has 0 aromatic heterocycles. The maximum atomic E-state index is 13.2. The van der Waals surface area contributed by atoms with E-state index in [4.69, 9.17) is 0 Å². The molecule has 1 aliphatic heterocycles. The molecular weight excluding hydrogens is 303 g/mol. The topological polar surface area (TPSA) is 58.2 Å². The van der Waals surface area contributed by atoms with E-state index in [1.165, 1.54) is 23.9 Å². The Hall–Kier alpha value is -1.56. The van der Waals surface area contributed by atoms with E-state index in [2.05, 4.69) is 10.6 Å². The van der Waals surface area contributed by atoms with Gasteiger partial charge < -0.3 is 10.6 Å². The molecule has 0 saturated carbocycles. The lowest BCUT2D eigenvalue weighted by Crippen LogP contribution is -2.46. The Labute approximate surface area is 134 Å². The third-order valence-electron chi connectivity index (χ3n) is 3.65. The number of carbonyl (C=O) groups excluding carboxylic acids is 2. The smallest absolute Gasteiger partial charge is 0.242 e. The lowest BCUT2D eigenvalue weighted by molar-refractivity contribution is -0.127. The van der Waals surface area contributed by atoms with Crippen LogP contribution in [0.4, 0.5) is 4.39 Å². The molecule has 0 bridgehead atoms. The average Bonchev–Trinajstić information content (AvgIpc) is 2.70. The van der Waals surface area contributed by atoms with Gasteiger partial charge in [0.1, 0.15) is 11.9 Å². The van der Waals surface area contributed by atoms with E-state index in [0.717, 1.165) is 18.4 Å². The molecule has 2 amide bonds. The molecule has 1 aliphatic rings. The normalized spacial score (nSPS) is 19.9. The second-order valence-corrected chi connectivity index (χ2v) is 6.74. The first kappa shape index (κ1) is 16.8. The first-order valence-corrected chi connectivity index (χ1v) is 8.55. The molecule has 2 rings (SSSR count). The van der Waals surface area contributed by atoms with Crippen molar-refractivity contribution in [2.24, 2.45) is 0 Å². The molecule has 1 fully saturated rings. The van der Waals surface area contributed by atoms with Crippen molar-refractivity contribution in [3.63, 3.8) is 0 Å². The highest BCUT2D eigenvalue weighted by Gasteiger charge is 2.22. The molecule has 2 atom stereocenters. The van der Waals surface area contributed by atoms with Gasteiger partial charge in [0.2, 0.25) is 11.8 Å². The van der Waals surface area contributed by atoms with Crippen molar-refractivity contribution < 1.29 is 14.0 Å². The number of carbonyl (C=O) groups is 2. The molecule has 6 heteroatoms. The average molecular weight is 324 g/mol. The number of halogens is 1. The highest BCUT2D eigenvalue weighted by atomic mass is 32.2. The fourth-order valence-corrected chi connectivity index (χ4v) is 3.19. The Morgan fingerprint density at radius 2 is 2.32 bits per heavy atom. The second kappa shape index (κ2) is 8.17. The monoisotopic (exact) mass is 324 g/mol. The van der Waals surface area contributed by atoms with Crippen molar-refractivity contribution in [2.75, 3.05) is 12.3 Å². The maximum Gasteiger partial charge on any atom is 0.242 e. The van der Waals surface area contributed by atoms with Crippen LogP contribution in [-0.2, 0) is 9.59 Å². The Morgan fingerprint density at radius 3 is 3.09 bits per heavy atom. The zero-order valence-electron chi connectivity index (χ0n) is 12.6. The standard InChI is InChI=1S/C16H21FN2O2S/c1-11(12-5-4-6-13(17)9-12)22-10-15(20)19-14-7-2-3-8-18-16(14)21/h4-6,9,11,14H,2-3,7-8,10H2,1H3,(H,18,21)(H,19,20). The molecular formula is C16H21FN2O2S. The molecule has 2 N–H and O–H groups in total. The van der Waals surface area contributed by atoms with E-state index in [1.807, 2.05) is 13.0 Å². The summed E-state index contributed by atoms with van der Waals surface area (Å²) in [6, 6.07) is 5.96. The van der Waals surface area contributed by atoms with Crippen LogP contribution in [0.2, 0.25) is 0 Å². The molecule has 1 aromatic rings. The number of amides is 2. The minimum Gasteiger partial charge on any atom is -0.354 e. The summed E-state index contributed by atoms with van der Waals surface area (Å²) in [6.45, 7) is 2.61. The quantitative estimate of drug-likeness (QED) is 0.874. The van der Waals surface area contributed by atoms with E-state index in [9.17, 15) is 14.0 Å². The van der Waals surface area contributed by atoms with Crippen molar-refractivity contribution in [1.82, 2.24) is 10.6 Å². The Balaban J connectivity index is 1.80. The summed E-state index contributed by atoms with van der Waals surface area (Å²) in [6.07, 6.45) is 2.56. The highest BCUT2D eigenvalue weighted by molar-refractivity contribution is 8.00. The van der Waals surface area contributed by atoms with Gasteiger partial charge in [-0.05, 0) is 43.9 Å². The van der Waals surface area contributed by atoms with E-state index in [-0.39, 0.29) is 28.6 Å². The molecule has 0 radical (unpaired) electrons. The zero-order chi connectivity index (χ0) is 15.9. The molecule has 22 heavy (non-hydrogen) atoms. The van der Waals surface area contributed by atoms with Crippen LogP contribution in [0.15, 0.2) is 24.3 Å². The van der Waals surface area contributed by atoms with Crippen molar-refractivity contribution in [3.05, 3.63) is 35.6 Å². The number of thioether (sulfide) groups is 1. The molecule has 2 unspecified atom stereocenters. The van der Waals surface area contributed by atoms with E-state index >= 15 is 0 Å². The van der Waals surface area contributed by atoms with Gasteiger partial charge in [0.25, 0.3) is 0 Å². The van der Waals surface area contributed by atoms with Crippen molar-refractivity contribution >= 4 is 23.6 Å². The Bertz CT molecular complexity index is 539. The van der Waals surface area contributed by atoms with E-state index < -0.39 is 6.04 Å². The minimum atomic E-state index is -0.430. The van der Waals surface area contributed by atoms with Crippen molar-refractivity contribution in [1.29, 1.82) is 0 Å². The van der Waals surface area contributed by atoms with Crippen LogP contribution in [0, 0.1) is 5.82 Å². The maximum absolute atomic E-state index is 13.2. The number of hydrogen-bond donors (Lipinski definition) is 2. The van der Waals surface area contributed by atoms with Crippen molar-refractivity contribution in [3.8, 4) is 0 Å². The van der Waals surface area contributed by atoms with Crippen molar-refractivity contribution in [2.45, 2.75) is 37.5 Å². The van der Waals surface area contributed by atoms with Gasteiger partial charge in [-0.3, -0.25) is 9.59 Å². The summed E-state index contributed by atoms with van der Waals surface area (Å²) < 4.78 is 13.2. The molecule has 1 heterocycles. The van der Waals surface area contributed by atoms with Crippen LogP contribution >= 0.6 is 11.8 Å². The van der Waals surface area contributed by atoms with Gasteiger partial charge in [0, 0.05) is 11.8 Å². The minimum absolute atomic E-state index is 0.0180. The van der Waals surface area contributed by atoms with Gasteiger partial charge in [-0.1, -0.05) is 12.1 Å². The van der Waals surface area contributed by atoms with E-state index in [0.29, 0.717) is 13.0 Å². The number of nitrogens with one attached hydrogen (secondary N) is 2. The molecule has 120 valence electrons. The highest BCUT2D eigenvalue weighted by Crippen LogP contribution is 2.28. The van der Waals surface area contributed by atoms with Crippen LogP contribution in [-0.4, -0.2) is 30.2 Å². The summed E-state index contributed by atoms with van der Waals surface area (Å²) in [5, 5.41) is 5.59. The lowest BCUT2D eigenvalue weighted by atomic mass is 10.1. The first-order valence-electron chi connectivity index (χ1n) is 7.50. The predicted octanol–water partition coefficient (Wildman–Crippen LogP) is 2.40. The Morgan fingerprint density at radius 1 is 1.50 bits per heavy atom. The summed E-state index contributed by atoms with van der Waals surface area (Å²) in [5.41, 5.74) is 0.852. The van der Waals surface area contributed by atoms with Crippen LogP contribution in [0.5, 0.6) is 0 Å². The van der Waals surface area contributed by atoms with Gasteiger partial charge >= 0.3 is 0 Å². The zero-order valence-corrected chi connectivity index (χ0v) is 13.4. The summed E-state index contributed by atoms with van der Waals surface area (Å²) in [4.78, 5) is 23.8. The summed E-state index contributed by atoms with van der Waals surface area (Å²) in [7, 11) is 0. The van der Waals surface area contributed by atoms with Crippen LogP contribution in [0.25, 0.3) is 0 Å². The largest absolute Gasteiger partial charge is 0.354 e. The third-order valence-corrected chi connectivity index (χ3v) is 4.85. The van der Waals surface area contributed by atoms with Crippen LogP contribution < -0.4 is 10.6 Å². The number of benzene rings is 1.